The zero-order valence-electron chi connectivity index (χ0n) is 11.2. The number of halogens is 1. The van der Waals surface area contributed by atoms with Gasteiger partial charge in [-0.2, -0.15) is 0 Å². The third kappa shape index (κ3) is 2.89. The second-order valence-electron chi connectivity index (χ2n) is 6.20. The van der Waals surface area contributed by atoms with Gasteiger partial charge in [-0.05, 0) is 35.4 Å². The standard InChI is InChI=1S/C15H20FNO/c1-15(2,3)9-14(18)17-13-8-7-10-11(13)5-4-6-12(10)16/h4-6,13H,7-9H2,1-3H3,(H,17,18). The molecule has 1 aliphatic carbocycles. The highest BCUT2D eigenvalue weighted by Crippen LogP contribution is 2.33. The van der Waals surface area contributed by atoms with E-state index in [0.29, 0.717) is 12.8 Å². The molecule has 98 valence electrons. The van der Waals surface area contributed by atoms with Gasteiger partial charge in [-0.15, -0.1) is 0 Å². The van der Waals surface area contributed by atoms with Crippen molar-refractivity contribution in [3.05, 3.63) is 35.1 Å². The lowest BCUT2D eigenvalue weighted by Gasteiger charge is -2.20. The first-order valence-electron chi connectivity index (χ1n) is 6.43. The van der Waals surface area contributed by atoms with Crippen molar-refractivity contribution >= 4 is 5.91 Å². The molecular formula is C15H20FNO. The van der Waals surface area contributed by atoms with E-state index in [9.17, 15) is 9.18 Å². The molecule has 0 heterocycles. The normalized spacial score (nSPS) is 18.6. The Morgan fingerprint density at radius 1 is 1.44 bits per heavy atom. The lowest BCUT2D eigenvalue weighted by Crippen LogP contribution is -2.30. The van der Waals surface area contributed by atoms with Crippen LogP contribution in [-0.4, -0.2) is 5.91 Å². The lowest BCUT2D eigenvalue weighted by molar-refractivity contribution is -0.123. The van der Waals surface area contributed by atoms with Gasteiger partial charge in [-0.1, -0.05) is 32.9 Å². The lowest BCUT2D eigenvalue weighted by atomic mass is 9.91. The van der Waals surface area contributed by atoms with Crippen molar-refractivity contribution in [3.63, 3.8) is 0 Å². The van der Waals surface area contributed by atoms with Gasteiger partial charge >= 0.3 is 0 Å². The molecule has 1 atom stereocenters. The molecule has 0 fully saturated rings. The SMILES string of the molecule is CC(C)(C)CC(=O)NC1CCc2c(F)cccc21. The largest absolute Gasteiger partial charge is 0.349 e. The Morgan fingerprint density at radius 2 is 2.17 bits per heavy atom. The van der Waals surface area contributed by atoms with E-state index in [4.69, 9.17) is 0 Å². The van der Waals surface area contributed by atoms with Crippen molar-refractivity contribution in [2.75, 3.05) is 0 Å². The van der Waals surface area contributed by atoms with E-state index in [-0.39, 0.29) is 23.2 Å². The van der Waals surface area contributed by atoms with Crippen molar-refractivity contribution < 1.29 is 9.18 Å². The Hall–Kier alpha value is -1.38. The molecule has 1 aromatic rings. The van der Waals surface area contributed by atoms with E-state index < -0.39 is 0 Å². The molecule has 1 amide bonds. The molecule has 0 spiro atoms. The van der Waals surface area contributed by atoms with Crippen LogP contribution in [0.2, 0.25) is 0 Å². The Kier molecular flexibility index (Phi) is 3.42. The summed E-state index contributed by atoms with van der Waals surface area (Å²) in [6, 6.07) is 5.08. The van der Waals surface area contributed by atoms with Crippen molar-refractivity contribution in [3.8, 4) is 0 Å². The van der Waals surface area contributed by atoms with Crippen LogP contribution in [0.1, 0.15) is 50.8 Å². The Bertz CT molecular complexity index is 462. The summed E-state index contributed by atoms with van der Waals surface area (Å²) >= 11 is 0. The zero-order chi connectivity index (χ0) is 13.3. The van der Waals surface area contributed by atoms with E-state index in [1.165, 1.54) is 6.07 Å². The van der Waals surface area contributed by atoms with Gasteiger partial charge in [0.15, 0.2) is 0 Å². The first kappa shape index (κ1) is 13.1. The van der Waals surface area contributed by atoms with E-state index >= 15 is 0 Å². The maximum Gasteiger partial charge on any atom is 0.221 e. The van der Waals surface area contributed by atoms with Crippen LogP contribution < -0.4 is 5.32 Å². The van der Waals surface area contributed by atoms with Crippen molar-refractivity contribution in [2.24, 2.45) is 5.41 Å². The van der Waals surface area contributed by atoms with E-state index in [2.05, 4.69) is 5.32 Å². The zero-order valence-corrected chi connectivity index (χ0v) is 11.2. The monoisotopic (exact) mass is 249 g/mol. The van der Waals surface area contributed by atoms with Gasteiger partial charge in [0.2, 0.25) is 5.91 Å². The van der Waals surface area contributed by atoms with Crippen LogP contribution in [0.5, 0.6) is 0 Å². The fourth-order valence-corrected chi connectivity index (χ4v) is 2.49. The summed E-state index contributed by atoms with van der Waals surface area (Å²) in [5, 5.41) is 3.01. The van der Waals surface area contributed by atoms with Gasteiger partial charge in [0.25, 0.3) is 0 Å². The first-order chi connectivity index (χ1) is 8.37. The number of rotatable bonds is 2. The summed E-state index contributed by atoms with van der Waals surface area (Å²) < 4.78 is 13.6. The Balaban J connectivity index is 2.06. The summed E-state index contributed by atoms with van der Waals surface area (Å²) in [4.78, 5) is 11.9. The van der Waals surface area contributed by atoms with Gasteiger partial charge < -0.3 is 5.32 Å². The molecule has 0 saturated heterocycles. The minimum Gasteiger partial charge on any atom is -0.349 e. The summed E-state index contributed by atoms with van der Waals surface area (Å²) in [5.41, 5.74) is 1.68. The average molecular weight is 249 g/mol. The summed E-state index contributed by atoms with van der Waals surface area (Å²) in [6.45, 7) is 6.11. The number of nitrogens with one attached hydrogen (secondary N) is 1. The minimum absolute atomic E-state index is 0.0204. The van der Waals surface area contributed by atoms with Gasteiger partial charge in [0.05, 0.1) is 6.04 Å². The van der Waals surface area contributed by atoms with Crippen molar-refractivity contribution in [2.45, 2.75) is 46.1 Å². The molecule has 2 rings (SSSR count). The van der Waals surface area contributed by atoms with Gasteiger partial charge in [0, 0.05) is 6.42 Å². The average Bonchev–Trinajstić information content (AvgIpc) is 2.60. The maximum absolute atomic E-state index is 13.6. The van der Waals surface area contributed by atoms with E-state index in [1.807, 2.05) is 26.8 Å². The molecule has 1 N–H and O–H groups in total. The molecule has 0 saturated carbocycles. The van der Waals surface area contributed by atoms with Gasteiger partial charge in [-0.3, -0.25) is 4.79 Å². The predicted octanol–water partition coefficient (Wildman–Crippen LogP) is 3.37. The molecular weight excluding hydrogens is 229 g/mol. The highest BCUT2D eigenvalue weighted by Gasteiger charge is 2.27. The Morgan fingerprint density at radius 3 is 2.83 bits per heavy atom. The second-order valence-corrected chi connectivity index (χ2v) is 6.20. The first-order valence-corrected chi connectivity index (χ1v) is 6.43. The maximum atomic E-state index is 13.6. The quantitative estimate of drug-likeness (QED) is 0.855. The number of hydrogen-bond acceptors (Lipinski definition) is 1. The molecule has 1 aromatic carbocycles. The number of carbonyl (C=O) groups is 1. The predicted molar refractivity (Wildman–Crippen MR) is 69.7 cm³/mol. The van der Waals surface area contributed by atoms with Crippen molar-refractivity contribution in [1.29, 1.82) is 0 Å². The molecule has 1 aliphatic rings. The third-order valence-electron chi connectivity index (χ3n) is 3.24. The number of carbonyl (C=O) groups excluding carboxylic acids is 1. The molecule has 2 nitrogen and oxygen atoms in total. The molecule has 0 aromatic heterocycles. The van der Waals surface area contributed by atoms with Crippen LogP contribution in [0, 0.1) is 11.2 Å². The number of benzene rings is 1. The van der Waals surface area contributed by atoms with Crippen molar-refractivity contribution in [1.82, 2.24) is 5.32 Å². The number of fused-ring (bicyclic) bond motifs is 1. The molecule has 0 aliphatic heterocycles. The fraction of sp³-hybridized carbons (Fsp3) is 0.533. The molecule has 3 heteroatoms. The second kappa shape index (κ2) is 4.71. The summed E-state index contributed by atoms with van der Waals surface area (Å²) in [5.74, 6) is -0.107. The van der Waals surface area contributed by atoms with E-state index in [1.54, 1.807) is 6.07 Å². The molecule has 1 unspecified atom stereocenters. The van der Waals surface area contributed by atoms with Crippen LogP contribution >= 0.6 is 0 Å². The number of amides is 1. The summed E-state index contributed by atoms with van der Waals surface area (Å²) in [7, 11) is 0. The third-order valence-corrected chi connectivity index (χ3v) is 3.24. The van der Waals surface area contributed by atoms with Gasteiger partial charge in [0.1, 0.15) is 5.82 Å². The molecule has 0 radical (unpaired) electrons. The Labute approximate surface area is 108 Å². The molecule has 18 heavy (non-hydrogen) atoms. The highest BCUT2D eigenvalue weighted by atomic mass is 19.1. The smallest absolute Gasteiger partial charge is 0.221 e. The van der Waals surface area contributed by atoms with Crippen LogP contribution in [0.4, 0.5) is 4.39 Å². The van der Waals surface area contributed by atoms with Crippen LogP contribution in [0.15, 0.2) is 18.2 Å². The number of hydrogen-bond donors (Lipinski definition) is 1. The summed E-state index contributed by atoms with van der Waals surface area (Å²) in [6.07, 6.45) is 2.00. The van der Waals surface area contributed by atoms with E-state index in [0.717, 1.165) is 17.5 Å². The minimum atomic E-state index is -0.153. The van der Waals surface area contributed by atoms with Crippen LogP contribution in [-0.2, 0) is 11.2 Å². The topological polar surface area (TPSA) is 29.1 Å². The van der Waals surface area contributed by atoms with Gasteiger partial charge in [-0.25, -0.2) is 4.39 Å². The molecule has 0 bridgehead atoms. The highest BCUT2D eigenvalue weighted by molar-refractivity contribution is 5.77. The fourth-order valence-electron chi connectivity index (χ4n) is 2.49. The van der Waals surface area contributed by atoms with Crippen LogP contribution in [0.3, 0.4) is 0 Å². The van der Waals surface area contributed by atoms with Crippen LogP contribution in [0.25, 0.3) is 0 Å².